The van der Waals surface area contributed by atoms with Crippen molar-refractivity contribution in [2.45, 2.75) is 6.10 Å². The molecule has 1 fully saturated rings. The Bertz CT molecular complexity index is 872. The van der Waals surface area contributed by atoms with Crippen LogP contribution in [0, 0.1) is 0 Å². The molecule has 0 unspecified atom stereocenters. The number of anilines is 1. The molecule has 2 heterocycles. The van der Waals surface area contributed by atoms with Gasteiger partial charge in [0.05, 0.1) is 29.4 Å². The maximum Gasteiger partial charge on any atom is 0.414 e. The largest absolute Gasteiger partial charge is 0.454 e. The van der Waals surface area contributed by atoms with Crippen LogP contribution in [-0.2, 0) is 4.74 Å². The Balaban J connectivity index is 1.39. The minimum Gasteiger partial charge on any atom is -0.454 e. The maximum absolute atomic E-state index is 12.2. The number of hydrogen-bond acceptors (Lipinski definition) is 5. The fourth-order valence-corrected chi connectivity index (χ4v) is 3.06. The van der Waals surface area contributed by atoms with Gasteiger partial charge in [-0.15, -0.1) is 0 Å². The van der Waals surface area contributed by atoms with Crippen molar-refractivity contribution in [2.75, 3.05) is 24.8 Å². The third kappa shape index (κ3) is 3.13. The Morgan fingerprint density at radius 3 is 2.85 bits per heavy atom. The Labute approximate surface area is 154 Å². The molecule has 1 atom stereocenters. The number of cyclic esters (lactones) is 1. The summed E-state index contributed by atoms with van der Waals surface area (Å²) in [5.74, 6) is 0.920. The van der Waals surface area contributed by atoms with Gasteiger partial charge in [-0.25, -0.2) is 4.79 Å². The second-order valence-electron chi connectivity index (χ2n) is 5.84. The number of carbonyl (C=O) groups is 2. The second kappa shape index (κ2) is 6.76. The molecule has 2 aromatic carbocycles. The molecule has 1 N–H and O–H groups in total. The van der Waals surface area contributed by atoms with Crippen molar-refractivity contribution in [2.24, 2.45) is 0 Å². The summed E-state index contributed by atoms with van der Waals surface area (Å²) in [6.07, 6.45) is -0.930. The predicted octanol–water partition coefficient (Wildman–Crippen LogP) is 2.82. The quantitative estimate of drug-likeness (QED) is 0.890. The van der Waals surface area contributed by atoms with Crippen molar-refractivity contribution < 1.29 is 23.8 Å². The van der Waals surface area contributed by atoms with Crippen LogP contribution in [-0.4, -0.2) is 38.0 Å². The van der Waals surface area contributed by atoms with Gasteiger partial charge in [-0.3, -0.25) is 9.69 Å². The van der Waals surface area contributed by atoms with Gasteiger partial charge in [0.15, 0.2) is 11.5 Å². The summed E-state index contributed by atoms with van der Waals surface area (Å²) in [4.78, 5) is 25.8. The summed E-state index contributed by atoms with van der Waals surface area (Å²) in [5, 5.41) is 3.11. The highest BCUT2D eigenvalue weighted by molar-refractivity contribution is 6.33. The van der Waals surface area contributed by atoms with Gasteiger partial charge in [-0.05, 0) is 24.3 Å². The smallest absolute Gasteiger partial charge is 0.414 e. The van der Waals surface area contributed by atoms with Crippen LogP contribution < -0.4 is 19.7 Å². The minimum atomic E-state index is -0.471. The number of carbonyl (C=O) groups excluding carboxylic acids is 2. The molecular formula is C18H15ClN2O5. The lowest BCUT2D eigenvalue weighted by Crippen LogP contribution is -2.34. The van der Waals surface area contributed by atoms with E-state index in [-0.39, 0.29) is 19.2 Å². The number of ether oxygens (including phenoxy) is 3. The zero-order valence-corrected chi connectivity index (χ0v) is 14.4. The topological polar surface area (TPSA) is 77.1 Å². The van der Waals surface area contributed by atoms with Crippen molar-refractivity contribution in [3.63, 3.8) is 0 Å². The van der Waals surface area contributed by atoms with Crippen LogP contribution in [0.1, 0.15) is 10.4 Å². The molecule has 0 radical (unpaired) electrons. The van der Waals surface area contributed by atoms with E-state index in [1.807, 2.05) is 0 Å². The average Bonchev–Trinajstić information content (AvgIpc) is 3.25. The second-order valence-corrected chi connectivity index (χ2v) is 6.25. The number of nitrogens with zero attached hydrogens (tertiary/aromatic N) is 1. The first kappa shape index (κ1) is 16.5. The zero-order valence-electron chi connectivity index (χ0n) is 13.6. The number of rotatable bonds is 4. The van der Waals surface area contributed by atoms with Crippen LogP contribution in [0.15, 0.2) is 42.5 Å². The third-order valence-electron chi connectivity index (χ3n) is 4.15. The summed E-state index contributed by atoms with van der Waals surface area (Å²) in [7, 11) is 0. The highest BCUT2D eigenvalue weighted by Crippen LogP contribution is 2.36. The van der Waals surface area contributed by atoms with Crippen molar-refractivity contribution in [3.05, 3.63) is 53.1 Å². The molecule has 2 aromatic rings. The van der Waals surface area contributed by atoms with E-state index >= 15 is 0 Å². The number of amides is 2. The first-order valence-corrected chi connectivity index (χ1v) is 8.40. The van der Waals surface area contributed by atoms with Crippen LogP contribution >= 0.6 is 11.6 Å². The summed E-state index contributed by atoms with van der Waals surface area (Å²) in [6.45, 7) is 0.679. The molecule has 2 aliphatic heterocycles. The molecule has 2 amide bonds. The molecule has 4 rings (SSSR count). The van der Waals surface area contributed by atoms with E-state index in [1.165, 1.54) is 4.90 Å². The fraction of sp³-hybridized carbons (Fsp3) is 0.222. The molecule has 2 aliphatic rings. The zero-order chi connectivity index (χ0) is 18.1. The number of fused-ring (bicyclic) bond motifs is 1. The van der Waals surface area contributed by atoms with Crippen molar-refractivity contribution in [3.8, 4) is 11.5 Å². The lowest BCUT2D eigenvalue weighted by atomic mass is 10.2. The molecule has 0 bridgehead atoms. The molecule has 134 valence electrons. The van der Waals surface area contributed by atoms with Crippen LogP contribution in [0.3, 0.4) is 0 Å². The third-order valence-corrected chi connectivity index (χ3v) is 4.48. The SMILES string of the molecule is O=C(NC[C@H]1CN(c2ccc3c(c2)OCO3)C(=O)O1)c1ccccc1Cl. The molecular weight excluding hydrogens is 360 g/mol. The molecule has 1 saturated heterocycles. The van der Waals surface area contributed by atoms with Crippen molar-refractivity contribution >= 4 is 29.3 Å². The van der Waals surface area contributed by atoms with Crippen LogP contribution in [0.5, 0.6) is 11.5 Å². The van der Waals surface area contributed by atoms with Crippen molar-refractivity contribution in [1.82, 2.24) is 5.32 Å². The number of hydrogen-bond donors (Lipinski definition) is 1. The van der Waals surface area contributed by atoms with E-state index in [1.54, 1.807) is 42.5 Å². The van der Waals surface area contributed by atoms with Crippen LogP contribution in [0.25, 0.3) is 0 Å². The molecule has 8 heteroatoms. The first-order valence-electron chi connectivity index (χ1n) is 8.02. The maximum atomic E-state index is 12.2. The summed E-state index contributed by atoms with van der Waals surface area (Å²) in [5.41, 5.74) is 1.03. The van der Waals surface area contributed by atoms with Gasteiger partial charge in [0, 0.05) is 6.07 Å². The number of benzene rings is 2. The van der Waals surface area contributed by atoms with E-state index in [2.05, 4.69) is 5.32 Å². The normalized spacial score (nSPS) is 18.0. The van der Waals surface area contributed by atoms with Gasteiger partial charge in [0.25, 0.3) is 5.91 Å². The fourth-order valence-electron chi connectivity index (χ4n) is 2.84. The van der Waals surface area contributed by atoms with Crippen LogP contribution in [0.2, 0.25) is 5.02 Å². The van der Waals surface area contributed by atoms with Gasteiger partial charge < -0.3 is 19.5 Å². The minimum absolute atomic E-state index is 0.167. The van der Waals surface area contributed by atoms with E-state index in [0.717, 1.165) is 0 Å². The summed E-state index contributed by atoms with van der Waals surface area (Å²) in [6, 6.07) is 12.0. The molecule has 0 saturated carbocycles. The molecule has 0 aromatic heterocycles. The van der Waals surface area contributed by atoms with Crippen molar-refractivity contribution in [1.29, 1.82) is 0 Å². The average molecular weight is 375 g/mol. The van der Waals surface area contributed by atoms with E-state index in [9.17, 15) is 9.59 Å². The highest BCUT2D eigenvalue weighted by Gasteiger charge is 2.33. The summed E-state index contributed by atoms with van der Waals surface area (Å²) < 4.78 is 15.9. The Hall–Kier alpha value is -2.93. The summed E-state index contributed by atoms with van der Waals surface area (Å²) >= 11 is 6.01. The molecule has 0 spiro atoms. The van der Waals surface area contributed by atoms with Gasteiger partial charge >= 0.3 is 6.09 Å². The predicted molar refractivity (Wildman–Crippen MR) is 94.0 cm³/mol. The highest BCUT2D eigenvalue weighted by atomic mass is 35.5. The number of halogens is 1. The molecule has 0 aliphatic carbocycles. The lowest BCUT2D eigenvalue weighted by Gasteiger charge is -2.13. The molecule has 7 nitrogen and oxygen atoms in total. The van der Waals surface area contributed by atoms with E-state index < -0.39 is 12.2 Å². The van der Waals surface area contributed by atoms with Crippen LogP contribution in [0.4, 0.5) is 10.5 Å². The Morgan fingerprint density at radius 1 is 1.19 bits per heavy atom. The first-order chi connectivity index (χ1) is 12.6. The van der Waals surface area contributed by atoms with E-state index in [4.69, 9.17) is 25.8 Å². The van der Waals surface area contributed by atoms with Gasteiger partial charge in [-0.2, -0.15) is 0 Å². The van der Waals surface area contributed by atoms with E-state index in [0.29, 0.717) is 34.3 Å². The lowest BCUT2D eigenvalue weighted by molar-refractivity contribution is 0.0916. The van der Waals surface area contributed by atoms with Gasteiger partial charge in [-0.1, -0.05) is 23.7 Å². The Morgan fingerprint density at radius 2 is 2.00 bits per heavy atom. The monoisotopic (exact) mass is 374 g/mol. The van der Waals surface area contributed by atoms with Gasteiger partial charge in [0.1, 0.15) is 6.10 Å². The standard InChI is InChI=1S/C18H15ClN2O5/c19-14-4-2-1-3-13(14)17(22)20-8-12-9-21(18(23)26-12)11-5-6-15-16(7-11)25-10-24-15/h1-7,12H,8-10H2,(H,20,22)/t12-/m0/s1. The Kier molecular flexibility index (Phi) is 4.30. The van der Waals surface area contributed by atoms with Gasteiger partial charge in [0.2, 0.25) is 6.79 Å². The molecule has 26 heavy (non-hydrogen) atoms. The number of nitrogens with one attached hydrogen (secondary N) is 1.